The number of carbonyl (C=O) groups is 2. The molecule has 294 valence electrons. The summed E-state index contributed by atoms with van der Waals surface area (Å²) in [5.74, 6) is 2.33. The third-order valence-corrected chi connectivity index (χ3v) is 10.6. The van der Waals surface area contributed by atoms with E-state index in [4.69, 9.17) is 9.47 Å². The number of likely N-dealkylation sites (N-methyl/N-ethyl adjacent to an activating group) is 2. The van der Waals surface area contributed by atoms with Crippen LogP contribution in [0.15, 0.2) is 24.3 Å². The van der Waals surface area contributed by atoms with E-state index in [0.717, 1.165) is 75.9 Å². The zero-order valence-electron chi connectivity index (χ0n) is 34.1. The first-order valence-corrected chi connectivity index (χ1v) is 21.3. The summed E-state index contributed by atoms with van der Waals surface area (Å²) in [4.78, 5) is 26.6. The Bertz CT molecular complexity index is 748. The van der Waals surface area contributed by atoms with Crippen molar-refractivity contribution in [2.75, 3.05) is 46.9 Å². The van der Waals surface area contributed by atoms with Crippen LogP contribution in [-0.2, 0) is 19.1 Å². The molecule has 0 aliphatic carbocycles. The summed E-state index contributed by atoms with van der Waals surface area (Å²) < 4.78 is 10.8. The Morgan fingerprint density at radius 2 is 0.960 bits per heavy atom. The number of nitrogens with one attached hydrogen (secondary N) is 1. The Balaban J connectivity index is 4.02. The van der Waals surface area contributed by atoms with Crippen LogP contribution >= 0.6 is 0 Å². The van der Waals surface area contributed by atoms with E-state index in [-0.39, 0.29) is 11.9 Å². The zero-order chi connectivity index (χ0) is 36.9. The quantitative estimate of drug-likeness (QED) is 0.0394. The van der Waals surface area contributed by atoms with Crippen molar-refractivity contribution in [2.45, 2.75) is 182 Å². The van der Waals surface area contributed by atoms with Crippen molar-refractivity contribution in [3.05, 3.63) is 24.3 Å². The van der Waals surface area contributed by atoms with Crippen molar-refractivity contribution < 1.29 is 19.1 Å². The van der Waals surface area contributed by atoms with Gasteiger partial charge in [0.2, 0.25) is 0 Å². The number of hydrogen-bond acceptors (Lipinski definition) is 6. The van der Waals surface area contributed by atoms with E-state index < -0.39 is 0 Å². The van der Waals surface area contributed by atoms with Gasteiger partial charge in [-0.2, -0.15) is 0 Å². The first kappa shape index (κ1) is 48.3. The van der Waals surface area contributed by atoms with Crippen molar-refractivity contribution in [1.29, 1.82) is 0 Å². The lowest BCUT2D eigenvalue weighted by molar-refractivity contribution is -0.143. The molecule has 0 rings (SSSR count). The topological polar surface area (TPSA) is 67.9 Å². The van der Waals surface area contributed by atoms with Gasteiger partial charge >= 0.3 is 11.9 Å². The molecule has 0 radical (unpaired) electrons. The second-order valence-electron chi connectivity index (χ2n) is 14.9. The SMILES string of the molecule is CCC(CC)CCC/C=C/COC(=O)CCCCCCCC(CCCCCCCC(=O)OC/C=C/CCCC(CC)CC)CN(C)CCNC. The number of nitrogens with zero attached hydrogens (tertiary/aromatic N) is 1. The highest BCUT2D eigenvalue weighted by Crippen LogP contribution is 2.21. The van der Waals surface area contributed by atoms with Gasteiger partial charge in [-0.3, -0.25) is 9.59 Å². The van der Waals surface area contributed by atoms with Crippen molar-refractivity contribution in [1.82, 2.24) is 10.2 Å². The maximum Gasteiger partial charge on any atom is 0.306 e. The molecular formula is C44H84N2O4. The number of unbranched alkanes of at least 4 members (excludes halogenated alkanes) is 10. The van der Waals surface area contributed by atoms with E-state index in [0.29, 0.717) is 26.1 Å². The molecule has 0 bridgehead atoms. The Labute approximate surface area is 311 Å². The smallest absolute Gasteiger partial charge is 0.306 e. The first-order valence-electron chi connectivity index (χ1n) is 21.3. The van der Waals surface area contributed by atoms with E-state index in [1.165, 1.54) is 103 Å². The average Bonchev–Trinajstić information content (AvgIpc) is 3.12. The standard InChI is InChI=1S/C44H84N2O4/c1-7-40(8-2)29-21-17-19-27-37-49-43(47)33-25-15-11-13-23-31-42(39-46(6)36-35-45-5)32-24-14-12-16-26-34-44(48)50-38-28-20-18-22-30-41(9-3)10-4/h19-20,27-28,40-42,45H,7-18,21-26,29-39H2,1-6H3/b27-19+,28-20+. The van der Waals surface area contributed by atoms with Gasteiger partial charge in [-0.25, -0.2) is 0 Å². The molecule has 0 spiro atoms. The highest BCUT2D eigenvalue weighted by molar-refractivity contribution is 5.69. The molecule has 0 heterocycles. The summed E-state index contributed by atoms with van der Waals surface area (Å²) in [6.07, 6.45) is 35.8. The number of rotatable bonds is 37. The van der Waals surface area contributed by atoms with Crippen LogP contribution in [0.25, 0.3) is 0 Å². The fourth-order valence-corrected chi connectivity index (χ4v) is 6.87. The molecule has 0 aromatic rings. The molecule has 0 aliphatic rings. The van der Waals surface area contributed by atoms with Crippen molar-refractivity contribution in [3.63, 3.8) is 0 Å². The van der Waals surface area contributed by atoms with Gasteiger partial charge in [-0.05, 0) is 83.2 Å². The van der Waals surface area contributed by atoms with Gasteiger partial charge in [0.1, 0.15) is 13.2 Å². The molecule has 50 heavy (non-hydrogen) atoms. The Morgan fingerprint density at radius 3 is 1.38 bits per heavy atom. The van der Waals surface area contributed by atoms with E-state index in [1.807, 2.05) is 19.2 Å². The predicted molar refractivity (Wildman–Crippen MR) is 216 cm³/mol. The highest BCUT2D eigenvalue weighted by atomic mass is 16.5. The van der Waals surface area contributed by atoms with Gasteiger partial charge in [-0.1, -0.05) is 142 Å². The Kier molecular flexibility index (Phi) is 35.9. The molecule has 0 atom stereocenters. The lowest BCUT2D eigenvalue weighted by Crippen LogP contribution is -2.31. The largest absolute Gasteiger partial charge is 0.461 e. The molecule has 0 saturated carbocycles. The summed E-state index contributed by atoms with van der Waals surface area (Å²) in [6.45, 7) is 13.2. The number of allylic oxidation sites excluding steroid dienone is 2. The predicted octanol–water partition coefficient (Wildman–Crippen LogP) is 11.6. The Hall–Kier alpha value is -1.66. The van der Waals surface area contributed by atoms with Crippen molar-refractivity contribution in [3.8, 4) is 0 Å². The fourth-order valence-electron chi connectivity index (χ4n) is 6.87. The normalized spacial score (nSPS) is 12.1. The Morgan fingerprint density at radius 1 is 0.560 bits per heavy atom. The molecule has 6 nitrogen and oxygen atoms in total. The number of carbonyl (C=O) groups excluding carboxylic acids is 2. The van der Waals surface area contributed by atoms with Gasteiger partial charge in [-0.15, -0.1) is 0 Å². The van der Waals surface area contributed by atoms with E-state index in [9.17, 15) is 9.59 Å². The summed E-state index contributed by atoms with van der Waals surface area (Å²) >= 11 is 0. The van der Waals surface area contributed by atoms with E-state index in [1.54, 1.807) is 0 Å². The van der Waals surface area contributed by atoms with E-state index >= 15 is 0 Å². The van der Waals surface area contributed by atoms with Crippen LogP contribution in [0.4, 0.5) is 0 Å². The van der Waals surface area contributed by atoms with Gasteiger partial charge in [0.15, 0.2) is 0 Å². The summed E-state index contributed by atoms with van der Waals surface area (Å²) in [5.41, 5.74) is 0. The molecular weight excluding hydrogens is 620 g/mol. The van der Waals surface area contributed by atoms with Crippen molar-refractivity contribution in [2.24, 2.45) is 17.8 Å². The highest BCUT2D eigenvalue weighted by Gasteiger charge is 2.12. The van der Waals surface area contributed by atoms with Crippen LogP contribution in [0.1, 0.15) is 182 Å². The summed E-state index contributed by atoms with van der Waals surface area (Å²) in [5, 5.41) is 3.27. The van der Waals surface area contributed by atoms with Gasteiger partial charge < -0.3 is 19.7 Å². The minimum atomic E-state index is -0.0578. The molecule has 6 heteroatoms. The molecule has 0 aromatic carbocycles. The lowest BCUT2D eigenvalue weighted by atomic mass is 9.93. The minimum absolute atomic E-state index is 0.0578. The molecule has 0 unspecified atom stereocenters. The number of ether oxygens (including phenoxy) is 2. The molecule has 0 aliphatic heterocycles. The third-order valence-electron chi connectivity index (χ3n) is 10.6. The maximum atomic E-state index is 12.1. The average molecular weight is 705 g/mol. The lowest BCUT2D eigenvalue weighted by Gasteiger charge is -2.24. The van der Waals surface area contributed by atoms with Gasteiger partial charge in [0.25, 0.3) is 0 Å². The zero-order valence-corrected chi connectivity index (χ0v) is 34.1. The maximum absolute atomic E-state index is 12.1. The second kappa shape index (κ2) is 37.1. The summed E-state index contributed by atoms with van der Waals surface area (Å²) in [6, 6.07) is 0. The minimum Gasteiger partial charge on any atom is -0.461 e. The molecule has 0 aromatic heterocycles. The fraction of sp³-hybridized carbons (Fsp3) is 0.864. The van der Waals surface area contributed by atoms with Crippen LogP contribution in [0, 0.1) is 17.8 Å². The molecule has 0 amide bonds. The van der Waals surface area contributed by atoms with Crippen LogP contribution in [0.3, 0.4) is 0 Å². The molecule has 0 fully saturated rings. The van der Waals surface area contributed by atoms with E-state index in [2.05, 4.69) is 57.1 Å². The van der Waals surface area contributed by atoms with Crippen LogP contribution in [0.5, 0.6) is 0 Å². The second-order valence-corrected chi connectivity index (χ2v) is 14.9. The van der Waals surface area contributed by atoms with Gasteiger partial charge in [0.05, 0.1) is 0 Å². The van der Waals surface area contributed by atoms with Crippen LogP contribution in [-0.4, -0.2) is 63.8 Å². The number of esters is 2. The number of hydrogen-bond donors (Lipinski definition) is 1. The van der Waals surface area contributed by atoms with Crippen LogP contribution in [0.2, 0.25) is 0 Å². The monoisotopic (exact) mass is 705 g/mol. The molecule has 0 saturated heterocycles. The van der Waals surface area contributed by atoms with Crippen molar-refractivity contribution >= 4 is 11.9 Å². The summed E-state index contributed by atoms with van der Waals surface area (Å²) in [7, 11) is 4.27. The van der Waals surface area contributed by atoms with Gasteiger partial charge in [0, 0.05) is 32.5 Å². The molecule has 1 N–H and O–H groups in total. The third kappa shape index (κ3) is 32.3. The first-order chi connectivity index (χ1) is 24.4. The van der Waals surface area contributed by atoms with Crippen LogP contribution < -0.4 is 5.32 Å².